The molecule has 1 aromatic rings. The molecule has 1 fully saturated rings. The van der Waals surface area contributed by atoms with Gasteiger partial charge in [0.15, 0.2) is 0 Å². The van der Waals surface area contributed by atoms with Crippen LogP contribution in [0.15, 0.2) is 24.3 Å². The molecule has 2 rings (SSSR count). The Hall–Kier alpha value is -2.37. The third-order valence-electron chi connectivity index (χ3n) is 3.94. The van der Waals surface area contributed by atoms with Gasteiger partial charge in [0.05, 0.1) is 25.0 Å². The number of likely N-dealkylation sites (tertiary alicyclic amines) is 1. The minimum atomic E-state index is -0.461. The molecule has 0 spiro atoms. The summed E-state index contributed by atoms with van der Waals surface area (Å²) >= 11 is 0. The van der Waals surface area contributed by atoms with E-state index in [4.69, 9.17) is 10.5 Å². The van der Waals surface area contributed by atoms with Gasteiger partial charge in [-0.1, -0.05) is 18.2 Å². The van der Waals surface area contributed by atoms with Crippen molar-refractivity contribution in [2.45, 2.75) is 19.3 Å². The fraction of sp³-hybridized carbons (Fsp3) is 0.438. The van der Waals surface area contributed by atoms with Gasteiger partial charge in [-0.05, 0) is 24.5 Å². The Kier molecular flexibility index (Phi) is 5.14. The number of amides is 2. The summed E-state index contributed by atoms with van der Waals surface area (Å²) in [4.78, 5) is 37.1. The average Bonchev–Trinajstić information content (AvgIpc) is 2.54. The minimum absolute atomic E-state index is 0.108. The number of carbonyl (C=O) groups excluding carboxylic acids is 3. The second-order valence-electron chi connectivity index (χ2n) is 5.41. The second-order valence-corrected chi connectivity index (χ2v) is 5.41. The van der Waals surface area contributed by atoms with E-state index in [1.807, 2.05) is 0 Å². The SMILES string of the molecule is COC(=O)c1ccccc1CC(=O)N1CCC[C@@H](C(N)=O)C1. The number of methoxy groups -OCH3 is 1. The van der Waals surface area contributed by atoms with Crippen LogP contribution in [0.1, 0.15) is 28.8 Å². The normalized spacial score (nSPS) is 17.9. The van der Waals surface area contributed by atoms with Crippen LogP contribution in [-0.4, -0.2) is 42.9 Å². The maximum atomic E-state index is 12.4. The Balaban J connectivity index is 2.09. The van der Waals surface area contributed by atoms with Gasteiger partial charge in [-0.25, -0.2) is 4.79 Å². The average molecular weight is 304 g/mol. The Morgan fingerprint density at radius 1 is 1.32 bits per heavy atom. The molecule has 2 amide bonds. The van der Waals surface area contributed by atoms with E-state index >= 15 is 0 Å². The molecule has 0 unspecified atom stereocenters. The third-order valence-corrected chi connectivity index (χ3v) is 3.94. The second kappa shape index (κ2) is 7.06. The van der Waals surface area contributed by atoms with Gasteiger partial charge in [-0.3, -0.25) is 9.59 Å². The van der Waals surface area contributed by atoms with Crippen LogP contribution in [0.5, 0.6) is 0 Å². The fourth-order valence-electron chi connectivity index (χ4n) is 2.69. The highest BCUT2D eigenvalue weighted by molar-refractivity contribution is 5.93. The first-order valence-electron chi connectivity index (χ1n) is 7.26. The molecule has 22 heavy (non-hydrogen) atoms. The first kappa shape index (κ1) is 16.0. The number of nitrogens with two attached hydrogens (primary N) is 1. The van der Waals surface area contributed by atoms with Crippen molar-refractivity contribution in [2.24, 2.45) is 11.7 Å². The highest BCUT2D eigenvalue weighted by Gasteiger charge is 2.27. The number of rotatable bonds is 4. The van der Waals surface area contributed by atoms with Gasteiger partial charge in [-0.15, -0.1) is 0 Å². The molecule has 2 N–H and O–H groups in total. The van der Waals surface area contributed by atoms with Crippen LogP contribution in [0.25, 0.3) is 0 Å². The van der Waals surface area contributed by atoms with Crippen LogP contribution in [-0.2, 0) is 20.7 Å². The molecule has 1 aromatic carbocycles. The van der Waals surface area contributed by atoms with Gasteiger partial charge in [0.1, 0.15) is 0 Å². The maximum Gasteiger partial charge on any atom is 0.338 e. The van der Waals surface area contributed by atoms with E-state index in [1.54, 1.807) is 29.2 Å². The van der Waals surface area contributed by atoms with Crippen molar-refractivity contribution in [3.05, 3.63) is 35.4 Å². The van der Waals surface area contributed by atoms with E-state index in [2.05, 4.69) is 0 Å². The van der Waals surface area contributed by atoms with Crippen LogP contribution >= 0.6 is 0 Å². The molecule has 6 nitrogen and oxygen atoms in total. The van der Waals surface area contributed by atoms with E-state index in [-0.39, 0.29) is 24.2 Å². The number of ether oxygens (including phenoxy) is 1. The minimum Gasteiger partial charge on any atom is -0.465 e. The quantitative estimate of drug-likeness (QED) is 0.831. The highest BCUT2D eigenvalue weighted by atomic mass is 16.5. The Labute approximate surface area is 129 Å². The van der Waals surface area contributed by atoms with Crippen molar-refractivity contribution in [1.29, 1.82) is 0 Å². The first-order chi connectivity index (χ1) is 10.5. The van der Waals surface area contributed by atoms with Gasteiger partial charge in [0, 0.05) is 13.1 Å². The number of benzene rings is 1. The third kappa shape index (κ3) is 3.63. The molecular formula is C16H20N2O4. The molecule has 6 heteroatoms. The number of hydrogen-bond donors (Lipinski definition) is 1. The van der Waals surface area contributed by atoms with Gasteiger partial charge in [-0.2, -0.15) is 0 Å². The topological polar surface area (TPSA) is 89.7 Å². The molecule has 1 aliphatic rings. The molecular weight excluding hydrogens is 284 g/mol. The zero-order valence-electron chi connectivity index (χ0n) is 12.6. The van der Waals surface area contributed by atoms with Crippen molar-refractivity contribution < 1.29 is 19.1 Å². The van der Waals surface area contributed by atoms with Crippen LogP contribution < -0.4 is 5.73 Å². The standard InChI is InChI=1S/C16H20N2O4/c1-22-16(21)13-7-3-2-5-11(13)9-14(19)18-8-4-6-12(10-18)15(17)20/h2-3,5,7,12H,4,6,8-10H2,1H3,(H2,17,20)/t12-/m1/s1. The van der Waals surface area contributed by atoms with Crippen LogP contribution in [0.2, 0.25) is 0 Å². The van der Waals surface area contributed by atoms with Crippen LogP contribution in [0, 0.1) is 5.92 Å². The smallest absolute Gasteiger partial charge is 0.338 e. The van der Waals surface area contributed by atoms with Gasteiger partial charge in [0.2, 0.25) is 11.8 Å². The molecule has 1 saturated heterocycles. The maximum absolute atomic E-state index is 12.4. The summed E-state index contributed by atoms with van der Waals surface area (Å²) in [5.74, 6) is -1.22. The Morgan fingerprint density at radius 2 is 2.05 bits per heavy atom. The lowest BCUT2D eigenvalue weighted by Crippen LogP contribution is -2.44. The summed E-state index contributed by atoms with van der Waals surface area (Å²) in [5, 5.41) is 0. The Bertz CT molecular complexity index is 585. The molecule has 0 bridgehead atoms. The van der Waals surface area contributed by atoms with Crippen molar-refractivity contribution >= 4 is 17.8 Å². The molecule has 0 saturated carbocycles. The molecule has 118 valence electrons. The number of nitrogens with zero attached hydrogens (tertiary/aromatic N) is 1. The summed E-state index contributed by atoms with van der Waals surface area (Å²) in [6.45, 7) is 0.970. The first-order valence-corrected chi connectivity index (χ1v) is 7.26. The fourth-order valence-corrected chi connectivity index (χ4v) is 2.69. The number of hydrogen-bond acceptors (Lipinski definition) is 4. The van der Waals surface area contributed by atoms with E-state index < -0.39 is 5.97 Å². The van der Waals surface area contributed by atoms with E-state index in [0.717, 1.165) is 12.8 Å². The summed E-state index contributed by atoms with van der Waals surface area (Å²) in [6, 6.07) is 6.87. The van der Waals surface area contributed by atoms with Gasteiger partial charge in [0.25, 0.3) is 0 Å². The van der Waals surface area contributed by atoms with Crippen LogP contribution in [0.4, 0.5) is 0 Å². The van der Waals surface area contributed by atoms with Gasteiger partial charge < -0.3 is 15.4 Å². The van der Waals surface area contributed by atoms with Crippen molar-refractivity contribution in [3.8, 4) is 0 Å². The predicted octanol–water partition coefficient (Wildman–Crippen LogP) is 0.740. The lowest BCUT2D eigenvalue weighted by molar-refractivity contribution is -0.134. The summed E-state index contributed by atoms with van der Waals surface area (Å²) < 4.78 is 4.73. The zero-order chi connectivity index (χ0) is 16.1. The summed E-state index contributed by atoms with van der Waals surface area (Å²) in [5.41, 5.74) is 6.34. The molecule has 1 heterocycles. The predicted molar refractivity (Wildman–Crippen MR) is 80.0 cm³/mol. The largest absolute Gasteiger partial charge is 0.465 e. The van der Waals surface area contributed by atoms with Crippen LogP contribution in [0.3, 0.4) is 0 Å². The van der Waals surface area contributed by atoms with E-state index in [9.17, 15) is 14.4 Å². The van der Waals surface area contributed by atoms with E-state index in [1.165, 1.54) is 7.11 Å². The molecule has 1 atom stereocenters. The number of primary amides is 1. The van der Waals surface area contributed by atoms with E-state index in [0.29, 0.717) is 24.2 Å². The van der Waals surface area contributed by atoms with Crippen molar-refractivity contribution in [3.63, 3.8) is 0 Å². The summed E-state index contributed by atoms with van der Waals surface area (Å²) in [6.07, 6.45) is 1.59. The Morgan fingerprint density at radius 3 is 2.73 bits per heavy atom. The monoisotopic (exact) mass is 304 g/mol. The van der Waals surface area contributed by atoms with Crippen molar-refractivity contribution in [1.82, 2.24) is 4.90 Å². The molecule has 1 aliphatic heterocycles. The van der Waals surface area contributed by atoms with Gasteiger partial charge >= 0.3 is 5.97 Å². The zero-order valence-corrected chi connectivity index (χ0v) is 12.6. The molecule has 0 aromatic heterocycles. The lowest BCUT2D eigenvalue weighted by Gasteiger charge is -2.31. The molecule has 0 radical (unpaired) electrons. The summed E-state index contributed by atoms with van der Waals surface area (Å²) in [7, 11) is 1.31. The highest BCUT2D eigenvalue weighted by Crippen LogP contribution is 2.18. The number of piperidine rings is 1. The number of esters is 1. The number of carbonyl (C=O) groups is 3. The molecule has 0 aliphatic carbocycles. The lowest BCUT2D eigenvalue weighted by atomic mass is 9.96. The van der Waals surface area contributed by atoms with Crippen molar-refractivity contribution in [2.75, 3.05) is 20.2 Å².